The van der Waals surface area contributed by atoms with Crippen LogP contribution in [0.4, 0.5) is 0 Å². The van der Waals surface area contributed by atoms with Crippen LogP contribution in [0.3, 0.4) is 0 Å². The van der Waals surface area contributed by atoms with Gasteiger partial charge < -0.3 is 5.11 Å². The number of rotatable bonds is 3. The highest BCUT2D eigenvalue weighted by Gasteiger charge is 2.27. The van der Waals surface area contributed by atoms with Crippen LogP contribution in [0, 0.1) is 0 Å². The molecule has 0 amide bonds. The molecular weight excluding hydrogens is 242 g/mol. The van der Waals surface area contributed by atoms with Crippen LogP contribution in [0.25, 0.3) is 0 Å². The molecule has 1 N–H and O–H groups in total. The molecule has 2 aromatic rings. The zero-order chi connectivity index (χ0) is 12.4. The van der Waals surface area contributed by atoms with Crippen LogP contribution in [-0.4, -0.2) is 16.2 Å². The number of aryl methyl sites for hydroxylation is 1. The van der Waals surface area contributed by atoms with E-state index in [0.29, 0.717) is 0 Å². The molecule has 1 aliphatic carbocycles. The summed E-state index contributed by atoms with van der Waals surface area (Å²) in [7, 11) is 0. The summed E-state index contributed by atoms with van der Waals surface area (Å²) in [5.41, 5.74) is 2.44. The molecule has 3 rings (SSSR count). The highest BCUT2D eigenvalue weighted by atomic mass is 32.1. The number of hydrogen-bond donors (Lipinski definition) is 1. The van der Waals surface area contributed by atoms with Crippen molar-refractivity contribution in [2.75, 3.05) is 0 Å². The highest BCUT2D eigenvalue weighted by molar-refractivity contribution is 7.09. The lowest BCUT2D eigenvalue weighted by atomic mass is 9.82. The van der Waals surface area contributed by atoms with Crippen molar-refractivity contribution in [1.29, 1.82) is 0 Å². The van der Waals surface area contributed by atoms with Crippen LogP contribution < -0.4 is 0 Å². The Kier molecular flexibility index (Phi) is 3.43. The number of pyridine rings is 1. The summed E-state index contributed by atoms with van der Waals surface area (Å²) in [6.07, 6.45) is 5.60. The summed E-state index contributed by atoms with van der Waals surface area (Å²) in [5, 5.41) is 12.5. The molecule has 94 valence electrons. The van der Waals surface area contributed by atoms with Crippen LogP contribution in [-0.2, 0) is 12.8 Å². The molecule has 2 heterocycles. The molecule has 2 atom stereocenters. The smallest absolute Gasteiger partial charge is 0.0672 e. The number of fused-ring (bicyclic) bond motifs is 1. The minimum Gasteiger partial charge on any atom is -0.392 e. The Morgan fingerprint density at radius 3 is 3.17 bits per heavy atom. The van der Waals surface area contributed by atoms with Crippen molar-refractivity contribution >= 4 is 11.3 Å². The second-order valence-electron chi connectivity index (χ2n) is 4.90. The van der Waals surface area contributed by atoms with Crippen molar-refractivity contribution in [3.8, 4) is 0 Å². The number of aromatic nitrogens is 1. The SMILES string of the molecule is OC(Cc1cccs1)C1CCCc2cccnc21. The van der Waals surface area contributed by atoms with Gasteiger partial charge in [-0.2, -0.15) is 0 Å². The van der Waals surface area contributed by atoms with Gasteiger partial charge in [0, 0.05) is 29.1 Å². The van der Waals surface area contributed by atoms with Gasteiger partial charge in [0.25, 0.3) is 0 Å². The van der Waals surface area contributed by atoms with Crippen LogP contribution in [0.5, 0.6) is 0 Å². The molecule has 0 radical (unpaired) electrons. The Morgan fingerprint density at radius 2 is 2.33 bits per heavy atom. The lowest BCUT2D eigenvalue weighted by Gasteiger charge is -2.28. The molecule has 18 heavy (non-hydrogen) atoms. The van der Waals surface area contributed by atoms with Crippen molar-refractivity contribution in [3.05, 3.63) is 52.0 Å². The molecule has 0 saturated carbocycles. The first-order chi connectivity index (χ1) is 8.84. The lowest BCUT2D eigenvalue weighted by molar-refractivity contribution is 0.133. The average molecular weight is 259 g/mol. The fraction of sp³-hybridized carbons (Fsp3) is 0.400. The first-order valence-electron chi connectivity index (χ1n) is 6.49. The molecule has 2 aromatic heterocycles. The number of aliphatic hydroxyl groups excluding tert-OH is 1. The minimum atomic E-state index is -0.308. The Hall–Kier alpha value is -1.19. The zero-order valence-electron chi connectivity index (χ0n) is 10.2. The van der Waals surface area contributed by atoms with E-state index in [9.17, 15) is 5.11 Å². The monoisotopic (exact) mass is 259 g/mol. The van der Waals surface area contributed by atoms with E-state index in [1.807, 2.05) is 18.3 Å². The fourth-order valence-corrected chi connectivity index (χ4v) is 3.55. The van der Waals surface area contributed by atoms with Crippen molar-refractivity contribution in [1.82, 2.24) is 4.98 Å². The molecule has 0 spiro atoms. The van der Waals surface area contributed by atoms with Crippen LogP contribution in [0.15, 0.2) is 35.8 Å². The van der Waals surface area contributed by atoms with E-state index in [4.69, 9.17) is 0 Å². The molecule has 2 nitrogen and oxygen atoms in total. The van der Waals surface area contributed by atoms with E-state index in [1.54, 1.807) is 11.3 Å². The third kappa shape index (κ3) is 2.33. The summed E-state index contributed by atoms with van der Waals surface area (Å²) in [4.78, 5) is 5.75. The number of aliphatic hydroxyl groups is 1. The van der Waals surface area contributed by atoms with Gasteiger partial charge in [0.05, 0.1) is 6.10 Å². The first-order valence-corrected chi connectivity index (χ1v) is 7.37. The van der Waals surface area contributed by atoms with E-state index >= 15 is 0 Å². The van der Waals surface area contributed by atoms with E-state index in [1.165, 1.54) is 10.4 Å². The first kappa shape index (κ1) is 11.9. The maximum atomic E-state index is 10.5. The Morgan fingerprint density at radius 1 is 1.39 bits per heavy atom. The number of nitrogens with zero attached hydrogens (tertiary/aromatic N) is 1. The van der Waals surface area contributed by atoms with Gasteiger partial charge in [-0.1, -0.05) is 12.1 Å². The predicted molar refractivity (Wildman–Crippen MR) is 73.9 cm³/mol. The van der Waals surface area contributed by atoms with Gasteiger partial charge in [-0.25, -0.2) is 0 Å². The molecule has 0 bridgehead atoms. The second-order valence-corrected chi connectivity index (χ2v) is 5.93. The molecule has 1 aliphatic rings. The van der Waals surface area contributed by atoms with Gasteiger partial charge in [0.2, 0.25) is 0 Å². The summed E-state index contributed by atoms with van der Waals surface area (Å²) in [5.74, 6) is 0.206. The zero-order valence-corrected chi connectivity index (χ0v) is 11.1. The summed E-state index contributed by atoms with van der Waals surface area (Å²) < 4.78 is 0. The highest BCUT2D eigenvalue weighted by Crippen LogP contribution is 2.33. The van der Waals surface area contributed by atoms with Gasteiger partial charge in [0.1, 0.15) is 0 Å². The van der Waals surface area contributed by atoms with E-state index in [-0.39, 0.29) is 12.0 Å². The molecule has 0 aliphatic heterocycles. The molecule has 2 unspecified atom stereocenters. The Labute approximate surface area is 111 Å². The van der Waals surface area contributed by atoms with Gasteiger partial charge in [0.15, 0.2) is 0 Å². The van der Waals surface area contributed by atoms with Crippen molar-refractivity contribution in [2.45, 2.75) is 37.7 Å². The molecular formula is C15H17NOS. The third-order valence-electron chi connectivity index (χ3n) is 3.69. The standard InChI is InChI=1S/C15H17NOS/c17-14(10-12-6-3-9-18-12)13-7-1-4-11-5-2-8-16-15(11)13/h2-3,5-6,8-9,13-14,17H,1,4,7,10H2. The predicted octanol–water partition coefficient (Wildman–Crippen LogP) is 3.17. The largest absolute Gasteiger partial charge is 0.392 e. The Balaban J connectivity index is 1.80. The van der Waals surface area contributed by atoms with Gasteiger partial charge in [-0.05, 0) is 42.3 Å². The number of hydrogen-bond acceptors (Lipinski definition) is 3. The van der Waals surface area contributed by atoms with Crippen LogP contribution >= 0.6 is 11.3 Å². The molecule has 3 heteroatoms. The van der Waals surface area contributed by atoms with Gasteiger partial charge in [-0.3, -0.25) is 4.98 Å². The normalized spacial score (nSPS) is 20.4. The van der Waals surface area contributed by atoms with E-state index in [0.717, 1.165) is 31.4 Å². The summed E-state index contributed by atoms with van der Waals surface area (Å²) in [6.45, 7) is 0. The molecule has 0 saturated heterocycles. The molecule has 0 aromatic carbocycles. The number of thiophene rings is 1. The lowest BCUT2D eigenvalue weighted by Crippen LogP contribution is -2.25. The minimum absolute atomic E-state index is 0.206. The third-order valence-corrected chi connectivity index (χ3v) is 4.59. The average Bonchev–Trinajstić information content (AvgIpc) is 2.91. The van der Waals surface area contributed by atoms with Crippen molar-refractivity contribution < 1.29 is 5.11 Å². The Bertz CT molecular complexity index is 509. The van der Waals surface area contributed by atoms with Gasteiger partial charge in [-0.15, -0.1) is 11.3 Å². The maximum absolute atomic E-state index is 10.5. The fourth-order valence-electron chi connectivity index (χ4n) is 2.80. The topological polar surface area (TPSA) is 33.1 Å². The summed E-state index contributed by atoms with van der Waals surface area (Å²) >= 11 is 1.72. The van der Waals surface area contributed by atoms with Crippen molar-refractivity contribution in [2.24, 2.45) is 0 Å². The van der Waals surface area contributed by atoms with Gasteiger partial charge >= 0.3 is 0 Å². The van der Waals surface area contributed by atoms with Crippen LogP contribution in [0.1, 0.15) is 34.9 Å². The van der Waals surface area contributed by atoms with E-state index in [2.05, 4.69) is 22.5 Å². The van der Waals surface area contributed by atoms with Crippen LogP contribution in [0.2, 0.25) is 0 Å². The van der Waals surface area contributed by atoms with E-state index < -0.39 is 0 Å². The van der Waals surface area contributed by atoms with Crippen molar-refractivity contribution in [3.63, 3.8) is 0 Å². The second kappa shape index (κ2) is 5.21. The summed E-state index contributed by atoms with van der Waals surface area (Å²) in [6, 6.07) is 8.27. The molecule has 0 fully saturated rings. The maximum Gasteiger partial charge on any atom is 0.0672 e. The quantitative estimate of drug-likeness (QED) is 0.918.